The van der Waals surface area contributed by atoms with Crippen LogP contribution >= 0.6 is 0 Å². The third-order valence-corrected chi connectivity index (χ3v) is 2.58. The summed E-state index contributed by atoms with van der Waals surface area (Å²) in [5.41, 5.74) is -1.74. The fraction of sp³-hybridized carbons (Fsp3) is 0.667. The molecule has 0 aromatic rings. The number of hydrogen-bond donors (Lipinski definition) is 2. The van der Waals surface area contributed by atoms with Gasteiger partial charge in [0.1, 0.15) is 11.2 Å². The summed E-state index contributed by atoms with van der Waals surface area (Å²) in [6.45, 7) is 13.5. The Bertz CT molecular complexity index is 532. The fourth-order valence-electron chi connectivity index (χ4n) is 1.56. The molecule has 2 N–H and O–H groups in total. The Morgan fingerprint density at radius 3 is 1.93 bits per heavy atom. The van der Waals surface area contributed by atoms with E-state index in [1.807, 2.05) is 0 Å². The summed E-state index contributed by atoms with van der Waals surface area (Å²) in [7, 11) is 0. The number of rotatable bonds is 6. The zero-order chi connectivity index (χ0) is 21.3. The van der Waals surface area contributed by atoms with Gasteiger partial charge in [0.15, 0.2) is 0 Å². The molecule has 0 radical (unpaired) electrons. The van der Waals surface area contributed by atoms with E-state index in [4.69, 9.17) is 19.6 Å². The number of amides is 2. The third-order valence-electron chi connectivity index (χ3n) is 2.58. The number of imide groups is 1. The molecule has 0 heterocycles. The molecule has 0 aliphatic carbocycles. The molecule has 0 spiro atoms. The Morgan fingerprint density at radius 2 is 1.52 bits per heavy atom. The van der Waals surface area contributed by atoms with Crippen LogP contribution in [0.15, 0.2) is 12.7 Å². The summed E-state index contributed by atoms with van der Waals surface area (Å²) < 4.78 is 15.2. The molecule has 154 valence electrons. The summed E-state index contributed by atoms with van der Waals surface area (Å²) in [4.78, 5) is 36.6. The van der Waals surface area contributed by atoms with Crippen LogP contribution in [-0.2, 0) is 19.0 Å². The lowest BCUT2D eigenvalue weighted by molar-refractivity contribution is -0.143. The second-order valence-electron chi connectivity index (χ2n) is 7.62. The molecule has 0 atom stereocenters. The zero-order valence-corrected chi connectivity index (χ0v) is 17.0. The number of ether oxygens (including phenoxy) is 3. The summed E-state index contributed by atoms with van der Waals surface area (Å²) in [5, 5.41) is 10.5. The smallest absolute Gasteiger partial charge is 0.427 e. The number of esters is 1. The van der Waals surface area contributed by atoms with Gasteiger partial charge < -0.3 is 19.5 Å². The molecule has 0 fully saturated rings. The Hall–Kier alpha value is -2.58. The van der Waals surface area contributed by atoms with Crippen LogP contribution < -0.4 is 5.32 Å². The molecule has 0 saturated heterocycles. The first-order valence-corrected chi connectivity index (χ1v) is 8.62. The average Bonchev–Trinajstić information content (AvgIpc) is 2.43. The first-order valence-electron chi connectivity index (χ1n) is 8.62. The van der Waals surface area contributed by atoms with Gasteiger partial charge in [-0.3, -0.25) is 10.2 Å². The number of nitrogens with one attached hydrogen (secondary N) is 2. The van der Waals surface area contributed by atoms with E-state index in [1.165, 1.54) is 0 Å². The Labute approximate surface area is 160 Å². The third kappa shape index (κ3) is 11.6. The monoisotopic (exact) mass is 385 g/mol. The number of hydrogen-bond acceptors (Lipinski definition) is 7. The molecule has 0 bridgehead atoms. The molecule has 0 unspecified atom stereocenters. The van der Waals surface area contributed by atoms with Gasteiger partial charge in [-0.2, -0.15) is 0 Å². The molecule has 0 saturated carbocycles. The highest BCUT2D eigenvalue weighted by Gasteiger charge is 2.34. The second-order valence-corrected chi connectivity index (χ2v) is 7.62. The van der Waals surface area contributed by atoms with Crippen LogP contribution in [0.25, 0.3) is 0 Å². The van der Waals surface area contributed by atoms with Crippen molar-refractivity contribution in [1.82, 2.24) is 10.2 Å². The Balaban J connectivity index is 4.92. The van der Waals surface area contributed by atoms with E-state index in [-0.39, 0.29) is 19.6 Å². The first kappa shape index (κ1) is 24.4. The minimum absolute atomic E-state index is 0.00610. The first-order chi connectivity index (χ1) is 12.3. The van der Waals surface area contributed by atoms with E-state index in [1.54, 1.807) is 47.6 Å². The summed E-state index contributed by atoms with van der Waals surface area (Å²) in [6, 6.07) is 0. The zero-order valence-electron chi connectivity index (χ0n) is 17.0. The van der Waals surface area contributed by atoms with Gasteiger partial charge in [0.25, 0.3) is 0 Å². The highest BCUT2D eigenvalue weighted by molar-refractivity contribution is 6.06. The normalized spacial score (nSPS) is 11.2. The number of carbonyl (C=O) groups is 3. The number of nitrogens with zero attached hydrogens (tertiary/aromatic N) is 1. The second kappa shape index (κ2) is 10.5. The van der Waals surface area contributed by atoms with Crippen molar-refractivity contribution in [3.8, 4) is 0 Å². The van der Waals surface area contributed by atoms with Gasteiger partial charge >= 0.3 is 18.2 Å². The van der Waals surface area contributed by atoms with Gasteiger partial charge in [-0.1, -0.05) is 6.08 Å². The number of carbonyl (C=O) groups excluding carboxylic acids is 3. The standard InChI is InChI=1S/C18H31N3O6/c1-8-9-12-25-13(22)10-11-20-14(19)21(15(23)26-17(2,3)4)16(24)27-18(5,6)7/h8H,1,9-12H2,2-7H3,(H2,19,20). The SMILES string of the molecule is C=CCCOC(=O)CCNC(=N)N(C(=O)OC(C)(C)C)C(=O)OC(C)(C)C. The van der Waals surface area contributed by atoms with Crippen molar-refractivity contribution >= 4 is 24.1 Å². The summed E-state index contributed by atoms with van der Waals surface area (Å²) >= 11 is 0. The van der Waals surface area contributed by atoms with E-state index in [2.05, 4.69) is 11.9 Å². The van der Waals surface area contributed by atoms with Crippen molar-refractivity contribution in [2.75, 3.05) is 13.2 Å². The van der Waals surface area contributed by atoms with Crippen LogP contribution in [0.2, 0.25) is 0 Å². The minimum Gasteiger partial charge on any atom is -0.465 e. The molecule has 9 nitrogen and oxygen atoms in total. The van der Waals surface area contributed by atoms with Crippen molar-refractivity contribution in [2.24, 2.45) is 0 Å². The largest absolute Gasteiger partial charge is 0.465 e. The van der Waals surface area contributed by atoms with Gasteiger partial charge in [-0.15, -0.1) is 11.5 Å². The van der Waals surface area contributed by atoms with Crippen LogP contribution in [0.4, 0.5) is 9.59 Å². The lowest BCUT2D eigenvalue weighted by atomic mass is 10.2. The summed E-state index contributed by atoms with van der Waals surface area (Å²) in [5.74, 6) is -1.03. The lowest BCUT2D eigenvalue weighted by Crippen LogP contribution is -2.51. The van der Waals surface area contributed by atoms with E-state index in [9.17, 15) is 14.4 Å². The van der Waals surface area contributed by atoms with Crippen LogP contribution in [0.3, 0.4) is 0 Å². The van der Waals surface area contributed by atoms with Gasteiger partial charge in [-0.05, 0) is 48.0 Å². The Morgan fingerprint density at radius 1 is 1.04 bits per heavy atom. The molecule has 0 rings (SSSR count). The molecular formula is C18H31N3O6. The molecule has 2 amide bonds. The van der Waals surface area contributed by atoms with Crippen molar-refractivity contribution in [3.05, 3.63) is 12.7 Å². The minimum atomic E-state index is -1.05. The van der Waals surface area contributed by atoms with Crippen molar-refractivity contribution in [3.63, 3.8) is 0 Å². The molecule has 27 heavy (non-hydrogen) atoms. The molecular weight excluding hydrogens is 354 g/mol. The lowest BCUT2D eigenvalue weighted by Gasteiger charge is -2.28. The topological polar surface area (TPSA) is 118 Å². The van der Waals surface area contributed by atoms with Gasteiger partial charge in [-0.25, -0.2) is 9.59 Å². The molecule has 0 aliphatic heterocycles. The number of guanidine groups is 1. The molecule has 0 aliphatic rings. The Kier molecular flexibility index (Phi) is 9.53. The van der Waals surface area contributed by atoms with Crippen molar-refractivity contribution in [2.45, 2.75) is 65.6 Å². The van der Waals surface area contributed by atoms with Crippen LogP contribution in [0.1, 0.15) is 54.4 Å². The van der Waals surface area contributed by atoms with E-state index < -0.39 is 35.3 Å². The van der Waals surface area contributed by atoms with Crippen LogP contribution in [0, 0.1) is 5.41 Å². The fourth-order valence-corrected chi connectivity index (χ4v) is 1.56. The van der Waals surface area contributed by atoms with Gasteiger partial charge in [0, 0.05) is 6.54 Å². The molecule has 0 aromatic heterocycles. The van der Waals surface area contributed by atoms with E-state index >= 15 is 0 Å². The highest BCUT2D eigenvalue weighted by atomic mass is 16.6. The maximum Gasteiger partial charge on any atom is 0.427 e. The van der Waals surface area contributed by atoms with Crippen molar-refractivity contribution in [1.29, 1.82) is 5.41 Å². The van der Waals surface area contributed by atoms with Gasteiger partial charge in [0.2, 0.25) is 5.96 Å². The van der Waals surface area contributed by atoms with E-state index in [0.717, 1.165) is 0 Å². The predicted molar refractivity (Wildman–Crippen MR) is 100 cm³/mol. The molecule has 0 aromatic carbocycles. The van der Waals surface area contributed by atoms with Gasteiger partial charge in [0.05, 0.1) is 13.0 Å². The maximum atomic E-state index is 12.3. The average molecular weight is 385 g/mol. The maximum absolute atomic E-state index is 12.3. The van der Waals surface area contributed by atoms with Crippen LogP contribution in [0.5, 0.6) is 0 Å². The highest BCUT2D eigenvalue weighted by Crippen LogP contribution is 2.14. The van der Waals surface area contributed by atoms with Crippen molar-refractivity contribution < 1.29 is 28.6 Å². The quantitative estimate of drug-likeness (QED) is 0.180. The predicted octanol–water partition coefficient (Wildman–Crippen LogP) is 3.19. The summed E-state index contributed by atoms with van der Waals surface area (Å²) in [6.07, 6.45) is 0.0159. The van der Waals surface area contributed by atoms with Crippen LogP contribution in [-0.4, -0.2) is 53.4 Å². The van der Waals surface area contributed by atoms with E-state index in [0.29, 0.717) is 11.3 Å². The molecule has 9 heteroatoms.